The number of benzene rings is 1. The Balaban J connectivity index is 2.55. The summed E-state index contributed by atoms with van der Waals surface area (Å²) >= 11 is 6.84. The molecule has 0 saturated heterocycles. The Kier molecular flexibility index (Phi) is 2.79. The molecule has 0 atom stereocenters. The Morgan fingerprint density at radius 2 is 2.14 bits per heavy atom. The normalized spacial score (nSPS) is 10.7. The highest BCUT2D eigenvalue weighted by atomic mass is 79.9. The van der Waals surface area contributed by atoms with E-state index in [2.05, 4.69) is 73.5 Å². The van der Waals surface area contributed by atoms with Gasteiger partial charge < -0.3 is 4.57 Å². The van der Waals surface area contributed by atoms with Gasteiger partial charge in [0.1, 0.15) is 0 Å². The summed E-state index contributed by atoms with van der Waals surface area (Å²) in [6.07, 6.45) is 2.07. The lowest BCUT2D eigenvalue weighted by Gasteiger charge is -2.03. The van der Waals surface area contributed by atoms with Crippen molar-refractivity contribution in [2.24, 2.45) is 0 Å². The summed E-state index contributed by atoms with van der Waals surface area (Å²) in [6.45, 7) is 4.65. The molecule has 0 unspecified atom stereocenters. The lowest BCUT2D eigenvalue weighted by atomic mass is 10.2. The minimum absolute atomic E-state index is 0.806. The van der Waals surface area contributed by atoms with Gasteiger partial charge >= 0.3 is 0 Å². The summed E-state index contributed by atoms with van der Waals surface area (Å²) in [5.41, 5.74) is 1.22. The number of aromatic nitrogens is 1. The maximum absolute atomic E-state index is 3.84. The van der Waals surface area contributed by atoms with Crippen LogP contribution in [0.15, 0.2) is 46.0 Å². The highest BCUT2D eigenvalue weighted by Crippen LogP contribution is 2.22. The van der Waals surface area contributed by atoms with E-state index < -0.39 is 0 Å². The zero-order valence-electron chi connectivity index (χ0n) is 7.50. The van der Waals surface area contributed by atoms with Crippen LogP contribution in [0.2, 0.25) is 0 Å². The fourth-order valence-electron chi connectivity index (χ4n) is 1.48. The largest absolute Gasteiger partial charge is 0.343 e. The fraction of sp³-hybridized carbons (Fsp3) is 0.0909. The molecule has 14 heavy (non-hydrogen) atoms. The molecule has 1 nitrogen and oxygen atoms in total. The van der Waals surface area contributed by atoms with Crippen LogP contribution in [-0.4, -0.2) is 4.57 Å². The number of nitrogens with zero attached hydrogens (tertiary/aromatic N) is 1. The quantitative estimate of drug-likeness (QED) is 0.778. The van der Waals surface area contributed by atoms with Gasteiger partial charge in [0, 0.05) is 20.7 Å². The van der Waals surface area contributed by atoms with Gasteiger partial charge in [0.15, 0.2) is 0 Å². The molecule has 2 rings (SSSR count). The van der Waals surface area contributed by atoms with E-state index in [1.807, 2.05) is 0 Å². The second kappa shape index (κ2) is 3.91. The molecule has 3 heteroatoms. The van der Waals surface area contributed by atoms with Gasteiger partial charge in [-0.25, -0.2) is 0 Å². The van der Waals surface area contributed by atoms with Crippen molar-refractivity contribution in [1.29, 1.82) is 0 Å². The standard InChI is InChI=1S/C11H9Br2N/c1-8(12)7-14-5-4-9-2-3-10(13)6-11(9)14/h2-6H,1,7H2. The maximum atomic E-state index is 3.84. The summed E-state index contributed by atoms with van der Waals surface area (Å²) < 4.78 is 4.25. The topological polar surface area (TPSA) is 4.93 Å². The number of fused-ring (bicyclic) bond motifs is 1. The summed E-state index contributed by atoms with van der Waals surface area (Å²) in [5.74, 6) is 0. The van der Waals surface area contributed by atoms with Crippen LogP contribution in [0.5, 0.6) is 0 Å². The molecule has 0 radical (unpaired) electrons. The highest BCUT2D eigenvalue weighted by Gasteiger charge is 2.01. The molecule has 0 fully saturated rings. The number of allylic oxidation sites excluding steroid dienone is 1. The highest BCUT2D eigenvalue weighted by molar-refractivity contribution is 9.11. The fourth-order valence-corrected chi connectivity index (χ4v) is 2.10. The van der Waals surface area contributed by atoms with Crippen molar-refractivity contribution in [3.63, 3.8) is 0 Å². The average Bonchev–Trinajstić information content (AvgIpc) is 2.47. The molecule has 0 aliphatic carbocycles. The van der Waals surface area contributed by atoms with Crippen molar-refractivity contribution in [3.05, 3.63) is 46.0 Å². The molecule has 0 N–H and O–H groups in total. The molecule has 0 spiro atoms. The molecule has 0 aliphatic rings. The maximum Gasteiger partial charge on any atom is 0.0535 e. The van der Waals surface area contributed by atoms with Crippen molar-refractivity contribution in [2.75, 3.05) is 0 Å². The van der Waals surface area contributed by atoms with Crippen LogP contribution in [0.1, 0.15) is 0 Å². The van der Waals surface area contributed by atoms with Gasteiger partial charge in [-0.05, 0) is 23.6 Å². The Labute approximate surface area is 99.7 Å². The van der Waals surface area contributed by atoms with Gasteiger partial charge in [0.25, 0.3) is 0 Å². The Hall–Kier alpha value is -0.540. The average molecular weight is 315 g/mol. The Bertz CT molecular complexity index is 485. The van der Waals surface area contributed by atoms with E-state index in [9.17, 15) is 0 Å². The lowest BCUT2D eigenvalue weighted by Crippen LogP contribution is -1.94. The van der Waals surface area contributed by atoms with Gasteiger partial charge in [-0.15, -0.1) is 0 Å². The molecule has 72 valence electrons. The summed E-state index contributed by atoms with van der Waals surface area (Å²) in [5, 5.41) is 1.25. The molecule has 0 aliphatic heterocycles. The molecular formula is C11H9Br2N. The van der Waals surface area contributed by atoms with E-state index in [0.717, 1.165) is 15.5 Å². The molecule has 0 amide bonds. The predicted octanol–water partition coefficient (Wildman–Crippen LogP) is 4.31. The number of halogens is 2. The van der Waals surface area contributed by atoms with Crippen molar-refractivity contribution in [2.45, 2.75) is 6.54 Å². The second-order valence-corrected chi connectivity index (χ2v) is 5.20. The number of hydrogen-bond donors (Lipinski definition) is 0. The van der Waals surface area contributed by atoms with Crippen LogP contribution in [0, 0.1) is 0 Å². The zero-order valence-corrected chi connectivity index (χ0v) is 10.7. The molecule has 1 heterocycles. The molecule has 0 saturated carbocycles. The Morgan fingerprint density at radius 1 is 1.36 bits per heavy atom. The molecular weight excluding hydrogens is 306 g/mol. The van der Waals surface area contributed by atoms with E-state index in [0.29, 0.717) is 0 Å². The van der Waals surface area contributed by atoms with E-state index >= 15 is 0 Å². The minimum Gasteiger partial charge on any atom is -0.343 e. The van der Waals surface area contributed by atoms with Gasteiger partial charge in [0.2, 0.25) is 0 Å². The Morgan fingerprint density at radius 3 is 2.86 bits per heavy atom. The van der Waals surface area contributed by atoms with E-state index in [-0.39, 0.29) is 0 Å². The third-order valence-corrected chi connectivity index (χ3v) is 2.82. The third kappa shape index (κ3) is 1.93. The van der Waals surface area contributed by atoms with Crippen molar-refractivity contribution in [3.8, 4) is 0 Å². The molecule has 1 aromatic carbocycles. The first-order valence-corrected chi connectivity index (χ1v) is 5.83. The first-order valence-electron chi connectivity index (χ1n) is 4.24. The summed E-state index contributed by atoms with van der Waals surface area (Å²) in [6, 6.07) is 8.38. The number of rotatable bonds is 2. The molecule has 1 aromatic heterocycles. The SMILES string of the molecule is C=C(Br)Cn1ccc2ccc(Br)cc21. The van der Waals surface area contributed by atoms with Crippen LogP contribution < -0.4 is 0 Å². The molecule has 2 aromatic rings. The monoisotopic (exact) mass is 313 g/mol. The second-order valence-electron chi connectivity index (χ2n) is 3.16. The summed E-state index contributed by atoms with van der Waals surface area (Å²) in [4.78, 5) is 0. The number of hydrogen-bond acceptors (Lipinski definition) is 0. The van der Waals surface area contributed by atoms with Crippen LogP contribution in [-0.2, 0) is 6.54 Å². The van der Waals surface area contributed by atoms with E-state index in [1.54, 1.807) is 0 Å². The lowest BCUT2D eigenvalue weighted by molar-refractivity contribution is 0.858. The predicted molar refractivity (Wildman–Crippen MR) is 67.7 cm³/mol. The van der Waals surface area contributed by atoms with Gasteiger partial charge in [-0.2, -0.15) is 0 Å². The van der Waals surface area contributed by atoms with Crippen LogP contribution in [0.4, 0.5) is 0 Å². The van der Waals surface area contributed by atoms with E-state index in [4.69, 9.17) is 0 Å². The smallest absolute Gasteiger partial charge is 0.0535 e. The van der Waals surface area contributed by atoms with Crippen molar-refractivity contribution >= 4 is 42.8 Å². The van der Waals surface area contributed by atoms with Crippen molar-refractivity contribution < 1.29 is 0 Å². The zero-order chi connectivity index (χ0) is 10.1. The van der Waals surface area contributed by atoms with Gasteiger partial charge in [-0.3, -0.25) is 0 Å². The van der Waals surface area contributed by atoms with Crippen LogP contribution in [0.3, 0.4) is 0 Å². The van der Waals surface area contributed by atoms with Gasteiger partial charge in [0.05, 0.1) is 6.54 Å². The van der Waals surface area contributed by atoms with Crippen LogP contribution in [0.25, 0.3) is 10.9 Å². The van der Waals surface area contributed by atoms with Crippen molar-refractivity contribution in [1.82, 2.24) is 4.57 Å². The van der Waals surface area contributed by atoms with Gasteiger partial charge in [-0.1, -0.05) is 44.5 Å². The first-order chi connectivity index (χ1) is 6.66. The summed E-state index contributed by atoms with van der Waals surface area (Å²) in [7, 11) is 0. The molecule has 0 bridgehead atoms. The van der Waals surface area contributed by atoms with E-state index in [1.165, 1.54) is 10.9 Å². The third-order valence-electron chi connectivity index (χ3n) is 2.08. The first kappa shape index (κ1) is 9.99. The minimum atomic E-state index is 0.806. The van der Waals surface area contributed by atoms with Crippen LogP contribution >= 0.6 is 31.9 Å².